The molecule has 1 heterocycles. The minimum atomic E-state index is 0.332. The number of nitrogens with one attached hydrogen (secondary N) is 1. The predicted octanol–water partition coefficient (Wildman–Crippen LogP) is 0.408. The van der Waals surface area contributed by atoms with E-state index in [4.69, 9.17) is 5.73 Å². The van der Waals surface area contributed by atoms with Crippen molar-refractivity contribution in [2.45, 2.75) is 38.3 Å². The van der Waals surface area contributed by atoms with E-state index in [2.05, 4.69) is 24.2 Å². The third kappa shape index (κ3) is 4.60. The molecule has 1 saturated heterocycles. The fraction of sp³-hybridized carbons (Fsp3) is 1.00. The molecule has 1 rings (SSSR count). The summed E-state index contributed by atoms with van der Waals surface area (Å²) >= 11 is 0. The van der Waals surface area contributed by atoms with Gasteiger partial charge in [-0.15, -0.1) is 0 Å². The highest BCUT2D eigenvalue weighted by Crippen LogP contribution is 2.07. The molecule has 0 amide bonds. The summed E-state index contributed by atoms with van der Waals surface area (Å²) in [6.45, 7) is 5.61. The standard InChI is InChI=1S/C10H23N3/c1-9(11)3-6-12-10-4-7-13(2)8-5-10/h9-10,12H,3-8,11H2,1-2H3. The highest BCUT2D eigenvalue weighted by molar-refractivity contribution is 4.75. The van der Waals surface area contributed by atoms with Crippen molar-refractivity contribution in [2.75, 3.05) is 26.7 Å². The fourth-order valence-corrected chi connectivity index (χ4v) is 1.73. The number of hydrogen-bond donors (Lipinski definition) is 2. The van der Waals surface area contributed by atoms with Gasteiger partial charge in [0.1, 0.15) is 0 Å². The van der Waals surface area contributed by atoms with Gasteiger partial charge in [-0.25, -0.2) is 0 Å². The molecule has 0 spiro atoms. The van der Waals surface area contributed by atoms with Gasteiger partial charge in [0.25, 0.3) is 0 Å². The Morgan fingerprint density at radius 3 is 2.62 bits per heavy atom. The maximum Gasteiger partial charge on any atom is 0.00914 e. The summed E-state index contributed by atoms with van der Waals surface area (Å²) in [6.07, 6.45) is 3.66. The van der Waals surface area contributed by atoms with E-state index >= 15 is 0 Å². The number of likely N-dealkylation sites (tertiary alicyclic amines) is 1. The average Bonchev–Trinajstić information content (AvgIpc) is 2.08. The lowest BCUT2D eigenvalue weighted by atomic mass is 10.1. The molecule has 3 heteroatoms. The van der Waals surface area contributed by atoms with Gasteiger partial charge in [-0.2, -0.15) is 0 Å². The molecule has 0 aromatic rings. The highest BCUT2D eigenvalue weighted by Gasteiger charge is 2.15. The first-order chi connectivity index (χ1) is 6.18. The zero-order chi connectivity index (χ0) is 9.68. The fourth-order valence-electron chi connectivity index (χ4n) is 1.73. The van der Waals surface area contributed by atoms with E-state index in [0.717, 1.165) is 19.0 Å². The third-order valence-electron chi connectivity index (χ3n) is 2.75. The SMILES string of the molecule is CC(N)CCNC1CCN(C)CC1. The average molecular weight is 185 g/mol. The topological polar surface area (TPSA) is 41.3 Å². The van der Waals surface area contributed by atoms with Gasteiger partial charge in [0.05, 0.1) is 0 Å². The molecular formula is C10H23N3. The maximum absolute atomic E-state index is 5.68. The molecule has 1 unspecified atom stereocenters. The zero-order valence-electron chi connectivity index (χ0n) is 8.92. The maximum atomic E-state index is 5.68. The van der Waals surface area contributed by atoms with E-state index in [1.807, 2.05) is 0 Å². The van der Waals surface area contributed by atoms with Crippen molar-refractivity contribution < 1.29 is 0 Å². The van der Waals surface area contributed by atoms with Crippen LogP contribution < -0.4 is 11.1 Å². The first-order valence-electron chi connectivity index (χ1n) is 5.36. The summed E-state index contributed by atoms with van der Waals surface area (Å²) < 4.78 is 0. The Labute approximate surface area is 81.7 Å². The van der Waals surface area contributed by atoms with E-state index in [9.17, 15) is 0 Å². The van der Waals surface area contributed by atoms with Gasteiger partial charge in [0.15, 0.2) is 0 Å². The van der Waals surface area contributed by atoms with Crippen LogP contribution in [0, 0.1) is 0 Å². The summed E-state index contributed by atoms with van der Waals surface area (Å²) in [7, 11) is 2.19. The Hall–Kier alpha value is -0.120. The normalized spacial score (nSPS) is 23.3. The van der Waals surface area contributed by atoms with Crippen molar-refractivity contribution in [3.05, 3.63) is 0 Å². The number of hydrogen-bond acceptors (Lipinski definition) is 3. The second kappa shape index (κ2) is 5.58. The number of nitrogens with zero attached hydrogens (tertiary/aromatic N) is 1. The Balaban J connectivity index is 2.02. The first-order valence-corrected chi connectivity index (χ1v) is 5.36. The molecule has 3 N–H and O–H groups in total. The molecule has 0 bridgehead atoms. The number of rotatable bonds is 4. The summed E-state index contributed by atoms with van der Waals surface area (Å²) in [4.78, 5) is 2.39. The molecule has 3 nitrogen and oxygen atoms in total. The molecule has 1 fully saturated rings. The summed E-state index contributed by atoms with van der Waals surface area (Å²) in [6, 6.07) is 1.06. The van der Waals surface area contributed by atoms with Gasteiger partial charge in [0, 0.05) is 12.1 Å². The molecule has 1 atom stereocenters. The zero-order valence-corrected chi connectivity index (χ0v) is 8.92. The van der Waals surface area contributed by atoms with Crippen molar-refractivity contribution in [3.8, 4) is 0 Å². The monoisotopic (exact) mass is 185 g/mol. The Bertz CT molecular complexity index is 128. The van der Waals surface area contributed by atoms with Crippen molar-refractivity contribution in [2.24, 2.45) is 5.73 Å². The predicted molar refractivity (Wildman–Crippen MR) is 56.8 cm³/mol. The Kier molecular flexibility index (Phi) is 4.70. The second-order valence-electron chi connectivity index (χ2n) is 4.30. The van der Waals surface area contributed by atoms with Gasteiger partial charge < -0.3 is 16.0 Å². The second-order valence-corrected chi connectivity index (χ2v) is 4.30. The molecule has 0 radical (unpaired) electrons. The van der Waals surface area contributed by atoms with Crippen LogP contribution in [0.25, 0.3) is 0 Å². The molecule has 13 heavy (non-hydrogen) atoms. The van der Waals surface area contributed by atoms with Crippen LogP contribution in [0.15, 0.2) is 0 Å². The molecule has 0 aliphatic carbocycles. The van der Waals surface area contributed by atoms with Crippen molar-refractivity contribution in [1.29, 1.82) is 0 Å². The highest BCUT2D eigenvalue weighted by atomic mass is 15.1. The van der Waals surface area contributed by atoms with Crippen LogP contribution in [-0.4, -0.2) is 43.7 Å². The van der Waals surface area contributed by atoms with Crippen LogP contribution in [0.5, 0.6) is 0 Å². The minimum absolute atomic E-state index is 0.332. The van der Waals surface area contributed by atoms with E-state index in [1.54, 1.807) is 0 Å². The lowest BCUT2D eigenvalue weighted by Crippen LogP contribution is -2.41. The third-order valence-corrected chi connectivity index (χ3v) is 2.75. The van der Waals surface area contributed by atoms with Gasteiger partial charge in [-0.05, 0) is 52.9 Å². The number of piperidine rings is 1. The van der Waals surface area contributed by atoms with Gasteiger partial charge >= 0.3 is 0 Å². The Morgan fingerprint density at radius 2 is 2.08 bits per heavy atom. The van der Waals surface area contributed by atoms with Crippen molar-refractivity contribution in [1.82, 2.24) is 10.2 Å². The van der Waals surface area contributed by atoms with Crippen LogP contribution >= 0.6 is 0 Å². The minimum Gasteiger partial charge on any atom is -0.328 e. The first kappa shape index (κ1) is 11.0. The van der Waals surface area contributed by atoms with E-state index in [-0.39, 0.29) is 0 Å². The lowest BCUT2D eigenvalue weighted by molar-refractivity contribution is 0.234. The Morgan fingerprint density at radius 1 is 1.46 bits per heavy atom. The molecular weight excluding hydrogens is 162 g/mol. The molecule has 1 aliphatic heterocycles. The molecule has 1 aliphatic rings. The number of nitrogens with two attached hydrogens (primary N) is 1. The van der Waals surface area contributed by atoms with Gasteiger partial charge in [0.2, 0.25) is 0 Å². The van der Waals surface area contributed by atoms with Crippen LogP contribution in [0.1, 0.15) is 26.2 Å². The summed E-state index contributed by atoms with van der Waals surface area (Å²) in [5.74, 6) is 0. The van der Waals surface area contributed by atoms with Gasteiger partial charge in [-0.3, -0.25) is 0 Å². The van der Waals surface area contributed by atoms with Crippen molar-refractivity contribution in [3.63, 3.8) is 0 Å². The molecule has 0 aromatic heterocycles. The smallest absolute Gasteiger partial charge is 0.00914 e. The quantitative estimate of drug-likeness (QED) is 0.666. The molecule has 0 saturated carbocycles. The van der Waals surface area contributed by atoms with Crippen LogP contribution in [0.2, 0.25) is 0 Å². The van der Waals surface area contributed by atoms with Crippen LogP contribution in [-0.2, 0) is 0 Å². The van der Waals surface area contributed by atoms with E-state index < -0.39 is 0 Å². The molecule has 78 valence electrons. The van der Waals surface area contributed by atoms with Crippen LogP contribution in [0.3, 0.4) is 0 Å². The summed E-state index contributed by atoms with van der Waals surface area (Å²) in [5, 5.41) is 3.57. The van der Waals surface area contributed by atoms with Gasteiger partial charge in [-0.1, -0.05) is 0 Å². The largest absolute Gasteiger partial charge is 0.328 e. The molecule has 0 aromatic carbocycles. The van der Waals surface area contributed by atoms with E-state index in [0.29, 0.717) is 6.04 Å². The van der Waals surface area contributed by atoms with E-state index in [1.165, 1.54) is 25.9 Å². The van der Waals surface area contributed by atoms with Crippen molar-refractivity contribution >= 4 is 0 Å². The summed E-state index contributed by atoms with van der Waals surface area (Å²) in [5.41, 5.74) is 5.68. The lowest BCUT2D eigenvalue weighted by Gasteiger charge is -2.29. The van der Waals surface area contributed by atoms with Crippen LogP contribution in [0.4, 0.5) is 0 Å².